The van der Waals surface area contributed by atoms with Crippen molar-refractivity contribution < 1.29 is 49.1 Å². The number of carboxylic acids is 2. The maximum atomic E-state index is 9.79. The van der Waals surface area contributed by atoms with Crippen molar-refractivity contribution in [3.63, 3.8) is 0 Å². The van der Waals surface area contributed by atoms with Gasteiger partial charge in [-0.15, -0.1) is 0 Å². The Morgan fingerprint density at radius 3 is 0.875 bits per heavy atom. The number of rotatable bonds is 2. The molecule has 0 bridgehead atoms. The molecule has 0 aromatic rings. The first-order valence-corrected chi connectivity index (χ1v) is 6.44. The molecule has 0 saturated carbocycles. The molecule has 0 unspecified atom stereocenters. The summed E-state index contributed by atoms with van der Waals surface area (Å²) in [5.74, 6) is -2.51. The fraction of sp³-hybridized carbons (Fsp3) is 0.571. The largest absolute Gasteiger partial charge is 0.506 e. The molecule has 0 heterocycles. The van der Waals surface area contributed by atoms with Gasteiger partial charge in [0.2, 0.25) is 0 Å². The van der Waals surface area contributed by atoms with Crippen molar-refractivity contribution in [2.24, 2.45) is 0 Å². The van der Waals surface area contributed by atoms with E-state index in [4.69, 9.17) is 20.4 Å². The van der Waals surface area contributed by atoms with Gasteiger partial charge < -0.3 is 29.9 Å². The van der Waals surface area contributed by atoms with Gasteiger partial charge in [0.15, 0.2) is 0 Å². The molecule has 10 heteroatoms. The highest BCUT2D eigenvalue weighted by atomic mass is 16.7. The Morgan fingerprint density at radius 1 is 0.625 bits per heavy atom. The summed E-state index contributed by atoms with van der Waals surface area (Å²) in [5, 5.41) is 31.7. The molecule has 0 fully saturated rings. The first kappa shape index (κ1) is 26.1. The van der Waals surface area contributed by atoms with Gasteiger partial charge in [0.05, 0.1) is 0 Å². The van der Waals surface area contributed by atoms with Crippen LogP contribution >= 0.6 is 0 Å². The van der Waals surface area contributed by atoms with E-state index in [9.17, 15) is 19.2 Å². The fourth-order valence-corrected chi connectivity index (χ4v) is 0.666. The lowest BCUT2D eigenvalue weighted by Gasteiger charge is -2.15. The lowest BCUT2D eigenvalue weighted by atomic mass is 10.2. The van der Waals surface area contributed by atoms with Crippen molar-refractivity contribution in [2.45, 2.75) is 52.7 Å². The Bertz CT molecular complexity index is 409. The fourth-order valence-electron chi connectivity index (χ4n) is 0.666. The Kier molecular flexibility index (Phi) is 12.8. The molecular formula is C14H24O10. The zero-order valence-electron chi connectivity index (χ0n) is 14.4. The SMILES string of the molecule is CC(C)(C)OC(=O)O.CC(C)(C)OC(=O)O.O=C(O)/C=C/C(=O)O. The molecule has 0 atom stereocenters. The van der Waals surface area contributed by atoms with Crippen LogP contribution in [0.2, 0.25) is 0 Å². The predicted molar refractivity (Wildman–Crippen MR) is 82.1 cm³/mol. The zero-order valence-corrected chi connectivity index (χ0v) is 14.4. The minimum absolute atomic E-state index is 0.558. The normalized spacial score (nSPS) is 10.4. The highest BCUT2D eigenvalue weighted by molar-refractivity contribution is 5.89. The molecule has 0 aromatic heterocycles. The van der Waals surface area contributed by atoms with E-state index in [1.165, 1.54) is 0 Å². The third-order valence-electron chi connectivity index (χ3n) is 1.16. The van der Waals surface area contributed by atoms with Crippen molar-refractivity contribution in [3.05, 3.63) is 12.2 Å². The van der Waals surface area contributed by atoms with Gasteiger partial charge in [0.25, 0.3) is 0 Å². The lowest BCUT2D eigenvalue weighted by Crippen LogP contribution is -2.22. The van der Waals surface area contributed by atoms with Crippen molar-refractivity contribution in [3.8, 4) is 0 Å². The van der Waals surface area contributed by atoms with E-state index < -0.39 is 35.5 Å². The number of ether oxygens (including phenoxy) is 2. The molecule has 10 nitrogen and oxygen atoms in total. The number of carbonyl (C=O) groups is 4. The van der Waals surface area contributed by atoms with Crippen LogP contribution < -0.4 is 0 Å². The van der Waals surface area contributed by atoms with Gasteiger partial charge in [-0.1, -0.05) is 0 Å². The second-order valence-corrected chi connectivity index (χ2v) is 5.97. The van der Waals surface area contributed by atoms with Crippen LogP contribution in [0.15, 0.2) is 12.2 Å². The molecule has 0 radical (unpaired) electrons. The molecule has 4 N–H and O–H groups in total. The van der Waals surface area contributed by atoms with E-state index in [1.807, 2.05) is 0 Å². The Morgan fingerprint density at radius 2 is 0.833 bits per heavy atom. The Labute approximate surface area is 139 Å². The molecule has 0 aromatic carbocycles. The second kappa shape index (κ2) is 11.7. The van der Waals surface area contributed by atoms with Gasteiger partial charge in [-0.3, -0.25) is 0 Å². The highest BCUT2D eigenvalue weighted by Gasteiger charge is 2.14. The van der Waals surface area contributed by atoms with E-state index in [1.54, 1.807) is 41.5 Å². The maximum absolute atomic E-state index is 9.79. The first-order valence-electron chi connectivity index (χ1n) is 6.44. The molecule has 140 valence electrons. The molecule has 0 spiro atoms. The number of hydrogen-bond donors (Lipinski definition) is 4. The van der Waals surface area contributed by atoms with E-state index >= 15 is 0 Å². The van der Waals surface area contributed by atoms with E-state index in [0.717, 1.165) is 0 Å². The van der Waals surface area contributed by atoms with Crippen LogP contribution in [0.4, 0.5) is 9.59 Å². The molecule has 24 heavy (non-hydrogen) atoms. The van der Waals surface area contributed by atoms with E-state index in [0.29, 0.717) is 12.2 Å². The molecule has 0 amide bonds. The number of carboxylic acid groups (broad SMARTS) is 4. The molecular weight excluding hydrogens is 328 g/mol. The summed E-state index contributed by atoms with van der Waals surface area (Å²) in [5.41, 5.74) is -1.16. The van der Waals surface area contributed by atoms with Crippen molar-refractivity contribution in [1.29, 1.82) is 0 Å². The lowest BCUT2D eigenvalue weighted by molar-refractivity contribution is -0.134. The third kappa shape index (κ3) is 42.7. The standard InChI is InChI=1S/2C5H10O3.C4H4O4/c2*1-5(2,3)8-4(6)7;5-3(6)1-2-4(7)8/h2*1-3H3,(H,6,7);1-2H,(H,5,6)(H,7,8)/b;;2-1+. The Balaban J connectivity index is -0.000000276. The zero-order chi connectivity index (χ0) is 20.1. The molecule has 0 rings (SSSR count). The van der Waals surface area contributed by atoms with E-state index in [2.05, 4.69) is 9.47 Å². The van der Waals surface area contributed by atoms with Gasteiger partial charge in [-0.25, -0.2) is 19.2 Å². The summed E-state index contributed by atoms with van der Waals surface area (Å²) in [6.07, 6.45) is -1.33. The van der Waals surface area contributed by atoms with Crippen LogP contribution in [0.1, 0.15) is 41.5 Å². The Hall–Kier alpha value is -2.78. The monoisotopic (exact) mass is 352 g/mol. The average Bonchev–Trinajstić information content (AvgIpc) is 2.20. The van der Waals surface area contributed by atoms with Crippen LogP contribution in [0, 0.1) is 0 Å². The van der Waals surface area contributed by atoms with Gasteiger partial charge in [0.1, 0.15) is 11.2 Å². The van der Waals surface area contributed by atoms with Crippen LogP contribution in [-0.2, 0) is 19.1 Å². The summed E-state index contributed by atoms with van der Waals surface area (Å²) in [6, 6.07) is 0. The number of hydrogen-bond acceptors (Lipinski definition) is 6. The minimum atomic E-state index is -1.26. The van der Waals surface area contributed by atoms with Gasteiger partial charge >= 0.3 is 24.2 Å². The number of aliphatic carboxylic acids is 2. The molecule has 0 aliphatic carbocycles. The highest BCUT2D eigenvalue weighted by Crippen LogP contribution is 2.06. The van der Waals surface area contributed by atoms with Gasteiger partial charge in [0, 0.05) is 12.2 Å². The van der Waals surface area contributed by atoms with Crippen LogP contribution in [0.5, 0.6) is 0 Å². The van der Waals surface area contributed by atoms with Gasteiger partial charge in [-0.2, -0.15) is 0 Å². The topological polar surface area (TPSA) is 168 Å². The summed E-state index contributed by atoms with van der Waals surface area (Å²) in [6.45, 7) is 10.1. The minimum Gasteiger partial charge on any atom is -0.478 e. The average molecular weight is 352 g/mol. The third-order valence-corrected chi connectivity index (χ3v) is 1.16. The first-order chi connectivity index (χ1) is 10.5. The van der Waals surface area contributed by atoms with Crippen LogP contribution in [0.3, 0.4) is 0 Å². The smallest absolute Gasteiger partial charge is 0.478 e. The summed E-state index contributed by atoms with van der Waals surface area (Å²) in [4.78, 5) is 38.7. The molecule has 0 saturated heterocycles. The predicted octanol–water partition coefficient (Wildman–Crippen LogP) is 2.67. The van der Waals surface area contributed by atoms with Crippen LogP contribution in [-0.4, -0.2) is 55.9 Å². The summed E-state index contributed by atoms with van der Waals surface area (Å²) in [7, 11) is 0. The van der Waals surface area contributed by atoms with Gasteiger partial charge in [-0.05, 0) is 41.5 Å². The van der Waals surface area contributed by atoms with E-state index in [-0.39, 0.29) is 0 Å². The quantitative estimate of drug-likeness (QED) is 0.428. The summed E-state index contributed by atoms with van der Waals surface area (Å²) < 4.78 is 8.71. The van der Waals surface area contributed by atoms with Crippen molar-refractivity contribution in [2.75, 3.05) is 0 Å². The van der Waals surface area contributed by atoms with Crippen molar-refractivity contribution >= 4 is 24.2 Å². The van der Waals surface area contributed by atoms with Crippen LogP contribution in [0.25, 0.3) is 0 Å². The molecule has 0 aliphatic heterocycles. The van der Waals surface area contributed by atoms with Crippen molar-refractivity contribution in [1.82, 2.24) is 0 Å². The second-order valence-electron chi connectivity index (χ2n) is 5.97. The maximum Gasteiger partial charge on any atom is 0.506 e. The molecule has 0 aliphatic rings. The summed E-state index contributed by atoms with van der Waals surface area (Å²) >= 11 is 0.